The minimum absolute atomic E-state index is 0. The molecule has 0 aliphatic carbocycles. The SMILES string of the molecule is CCNC(=NCC(c1ccco1)N1CCCC1)NCCS(=O)C(C)(C)C.I. The highest BCUT2D eigenvalue weighted by atomic mass is 127. The Labute approximate surface area is 183 Å². The molecule has 1 aliphatic heterocycles. The molecule has 0 spiro atoms. The molecule has 1 aromatic heterocycles. The van der Waals surface area contributed by atoms with Crippen molar-refractivity contribution in [1.82, 2.24) is 15.5 Å². The van der Waals surface area contributed by atoms with E-state index in [0.717, 1.165) is 31.4 Å². The maximum atomic E-state index is 12.2. The van der Waals surface area contributed by atoms with E-state index < -0.39 is 10.8 Å². The molecule has 1 aromatic rings. The molecule has 0 amide bonds. The van der Waals surface area contributed by atoms with Crippen molar-refractivity contribution in [2.24, 2.45) is 4.99 Å². The molecular weight excluding hydrogens is 475 g/mol. The van der Waals surface area contributed by atoms with E-state index in [1.54, 1.807) is 6.26 Å². The maximum Gasteiger partial charge on any atom is 0.191 e. The van der Waals surface area contributed by atoms with Crippen molar-refractivity contribution in [1.29, 1.82) is 0 Å². The van der Waals surface area contributed by atoms with E-state index in [1.807, 2.05) is 32.9 Å². The zero-order valence-electron chi connectivity index (χ0n) is 17.0. The van der Waals surface area contributed by atoms with Crippen molar-refractivity contribution in [3.63, 3.8) is 0 Å². The normalized spacial score (nSPS) is 18.0. The molecule has 0 radical (unpaired) electrons. The van der Waals surface area contributed by atoms with Gasteiger partial charge in [0.15, 0.2) is 5.96 Å². The van der Waals surface area contributed by atoms with Crippen LogP contribution in [0.5, 0.6) is 0 Å². The average Bonchev–Trinajstić information content (AvgIpc) is 3.28. The van der Waals surface area contributed by atoms with Crippen molar-refractivity contribution in [3.05, 3.63) is 24.2 Å². The van der Waals surface area contributed by atoms with Crippen molar-refractivity contribution in [3.8, 4) is 0 Å². The molecule has 156 valence electrons. The summed E-state index contributed by atoms with van der Waals surface area (Å²) < 4.78 is 17.7. The summed E-state index contributed by atoms with van der Waals surface area (Å²) in [4.78, 5) is 7.21. The number of hydrogen-bond acceptors (Lipinski definition) is 4. The van der Waals surface area contributed by atoms with Gasteiger partial charge in [0, 0.05) is 34.4 Å². The van der Waals surface area contributed by atoms with E-state index >= 15 is 0 Å². The van der Waals surface area contributed by atoms with E-state index in [0.29, 0.717) is 18.8 Å². The third-order valence-corrected chi connectivity index (χ3v) is 6.42. The lowest BCUT2D eigenvalue weighted by molar-refractivity contribution is 0.221. The Hall–Kier alpha value is -0.610. The molecule has 0 saturated carbocycles. The molecule has 6 nitrogen and oxygen atoms in total. The van der Waals surface area contributed by atoms with Crippen molar-refractivity contribution in [2.45, 2.75) is 51.3 Å². The van der Waals surface area contributed by atoms with Gasteiger partial charge in [0.25, 0.3) is 0 Å². The number of halogens is 1. The Morgan fingerprint density at radius 1 is 1.33 bits per heavy atom. The fourth-order valence-electron chi connectivity index (χ4n) is 3.01. The molecule has 0 bridgehead atoms. The van der Waals surface area contributed by atoms with Crippen LogP contribution in [0.1, 0.15) is 52.3 Å². The lowest BCUT2D eigenvalue weighted by atomic mass is 10.2. The fraction of sp³-hybridized carbons (Fsp3) is 0.737. The Balaban J connectivity index is 0.00000364. The lowest BCUT2D eigenvalue weighted by Crippen LogP contribution is -2.41. The largest absolute Gasteiger partial charge is 0.468 e. The molecule has 2 unspecified atom stereocenters. The number of aliphatic imine (C=N–C) groups is 1. The van der Waals surface area contributed by atoms with Gasteiger partial charge in [-0.15, -0.1) is 24.0 Å². The molecular formula is C19H35IN4O2S. The van der Waals surface area contributed by atoms with Crippen LogP contribution < -0.4 is 10.6 Å². The Morgan fingerprint density at radius 3 is 2.59 bits per heavy atom. The van der Waals surface area contributed by atoms with Gasteiger partial charge in [0.1, 0.15) is 5.76 Å². The first-order chi connectivity index (χ1) is 12.4. The predicted octanol–water partition coefficient (Wildman–Crippen LogP) is 3.14. The van der Waals surface area contributed by atoms with Gasteiger partial charge in [-0.05, 0) is 65.8 Å². The minimum atomic E-state index is -0.865. The van der Waals surface area contributed by atoms with Crippen LogP contribution in [0.2, 0.25) is 0 Å². The second kappa shape index (κ2) is 12.1. The molecule has 1 saturated heterocycles. The topological polar surface area (TPSA) is 69.9 Å². The zero-order chi connectivity index (χ0) is 19.0. The van der Waals surface area contributed by atoms with E-state index in [4.69, 9.17) is 9.41 Å². The molecule has 1 aliphatic rings. The van der Waals surface area contributed by atoms with Crippen molar-refractivity contribution < 1.29 is 8.63 Å². The van der Waals surface area contributed by atoms with E-state index in [9.17, 15) is 4.21 Å². The molecule has 2 rings (SSSR count). The van der Waals surface area contributed by atoms with Gasteiger partial charge in [-0.1, -0.05) is 0 Å². The van der Waals surface area contributed by atoms with Gasteiger partial charge < -0.3 is 15.1 Å². The summed E-state index contributed by atoms with van der Waals surface area (Å²) >= 11 is 0. The number of rotatable bonds is 8. The summed E-state index contributed by atoms with van der Waals surface area (Å²) in [5.74, 6) is 2.36. The smallest absolute Gasteiger partial charge is 0.191 e. The van der Waals surface area contributed by atoms with Crippen LogP contribution >= 0.6 is 24.0 Å². The number of nitrogens with one attached hydrogen (secondary N) is 2. The van der Waals surface area contributed by atoms with Crippen LogP contribution in [0.15, 0.2) is 27.8 Å². The van der Waals surface area contributed by atoms with Crippen molar-refractivity contribution >= 4 is 40.7 Å². The molecule has 2 N–H and O–H groups in total. The first kappa shape index (κ1) is 24.4. The van der Waals surface area contributed by atoms with Gasteiger partial charge in [-0.3, -0.25) is 14.1 Å². The Kier molecular flexibility index (Phi) is 10.9. The second-order valence-electron chi connectivity index (χ2n) is 7.58. The van der Waals surface area contributed by atoms with E-state index in [1.165, 1.54) is 12.8 Å². The van der Waals surface area contributed by atoms with Crippen molar-refractivity contribution in [2.75, 3.05) is 38.5 Å². The molecule has 2 heterocycles. The Morgan fingerprint density at radius 2 is 2.04 bits per heavy atom. The summed E-state index contributed by atoms with van der Waals surface area (Å²) in [6, 6.07) is 4.14. The number of hydrogen-bond donors (Lipinski definition) is 2. The maximum absolute atomic E-state index is 12.2. The second-order valence-corrected chi connectivity index (χ2v) is 9.91. The lowest BCUT2D eigenvalue weighted by Gasteiger charge is -2.24. The summed E-state index contributed by atoms with van der Waals surface area (Å²) in [6.07, 6.45) is 4.20. The highest BCUT2D eigenvalue weighted by molar-refractivity contribution is 14.0. The van der Waals surface area contributed by atoms with Gasteiger partial charge >= 0.3 is 0 Å². The third-order valence-electron chi connectivity index (χ3n) is 4.48. The highest BCUT2D eigenvalue weighted by Gasteiger charge is 2.25. The first-order valence-corrected chi connectivity index (χ1v) is 10.9. The van der Waals surface area contributed by atoms with Gasteiger partial charge in [-0.25, -0.2) is 0 Å². The minimum Gasteiger partial charge on any atom is -0.468 e. The highest BCUT2D eigenvalue weighted by Crippen LogP contribution is 2.25. The summed E-state index contributed by atoms with van der Waals surface area (Å²) in [7, 11) is -0.865. The van der Waals surface area contributed by atoms with Crippen LogP contribution in [0, 0.1) is 0 Å². The van der Waals surface area contributed by atoms with Crippen LogP contribution in [-0.4, -0.2) is 58.3 Å². The summed E-state index contributed by atoms with van der Waals surface area (Å²) in [5.41, 5.74) is 0. The molecule has 27 heavy (non-hydrogen) atoms. The number of furan rings is 1. The number of likely N-dealkylation sites (tertiary alicyclic amines) is 1. The third kappa shape index (κ3) is 8.11. The Bertz CT molecular complexity index is 581. The quantitative estimate of drug-likeness (QED) is 0.320. The van der Waals surface area contributed by atoms with Crippen LogP contribution in [0.25, 0.3) is 0 Å². The molecule has 8 heteroatoms. The fourth-order valence-corrected chi connectivity index (χ4v) is 3.91. The first-order valence-electron chi connectivity index (χ1n) is 9.60. The summed E-state index contributed by atoms with van der Waals surface area (Å²) in [5, 5.41) is 6.59. The van der Waals surface area contributed by atoms with E-state index in [-0.39, 0.29) is 34.8 Å². The molecule has 1 fully saturated rings. The van der Waals surface area contributed by atoms with Crippen LogP contribution in [0.3, 0.4) is 0 Å². The molecule has 2 atom stereocenters. The van der Waals surface area contributed by atoms with Gasteiger partial charge in [-0.2, -0.15) is 0 Å². The monoisotopic (exact) mass is 510 g/mol. The number of nitrogens with zero attached hydrogens (tertiary/aromatic N) is 2. The summed E-state index contributed by atoms with van der Waals surface area (Å²) in [6.45, 7) is 12.3. The van der Waals surface area contributed by atoms with Crippen LogP contribution in [0.4, 0.5) is 0 Å². The average molecular weight is 510 g/mol. The van der Waals surface area contributed by atoms with Crippen LogP contribution in [-0.2, 0) is 10.8 Å². The standard InChI is InChI=1S/C19H34N4O2S.HI/c1-5-20-18(21-10-14-26(24)19(2,3)4)22-15-16(17-9-8-13-25-17)23-11-6-7-12-23;/h8-9,13,16H,5-7,10-12,14-15H2,1-4H3,(H2,20,21,22);1H. The predicted molar refractivity (Wildman–Crippen MR) is 124 cm³/mol. The number of guanidine groups is 1. The van der Waals surface area contributed by atoms with Gasteiger partial charge in [0.2, 0.25) is 0 Å². The van der Waals surface area contributed by atoms with E-state index in [2.05, 4.69) is 22.5 Å². The zero-order valence-corrected chi connectivity index (χ0v) is 20.1. The molecule has 0 aromatic carbocycles. The van der Waals surface area contributed by atoms with Gasteiger partial charge in [0.05, 0.1) is 18.8 Å².